The van der Waals surface area contributed by atoms with Crippen LogP contribution in [-0.2, 0) is 0 Å². The summed E-state index contributed by atoms with van der Waals surface area (Å²) in [7, 11) is 0. The van der Waals surface area contributed by atoms with Crippen molar-refractivity contribution in [1.29, 1.82) is 0 Å². The molecule has 0 aliphatic carbocycles. The van der Waals surface area contributed by atoms with E-state index in [2.05, 4.69) is 32.7 Å². The maximum atomic E-state index is 4.43. The minimum Gasteiger partial charge on any atom is -0.294 e. The molecule has 0 fully saturated rings. The molecule has 0 aliphatic rings. The zero-order chi connectivity index (χ0) is 8.69. The smallest absolute Gasteiger partial charge is 0.0360 e. The van der Waals surface area contributed by atoms with Crippen molar-refractivity contribution in [2.75, 3.05) is 6.54 Å². The monoisotopic (exact) mass is 155 g/mol. The fraction of sp³-hybridized carbons (Fsp3) is 0.900. The van der Waals surface area contributed by atoms with Crippen molar-refractivity contribution >= 4 is 5.71 Å². The van der Waals surface area contributed by atoms with E-state index in [1.54, 1.807) is 0 Å². The molecule has 0 aromatic rings. The van der Waals surface area contributed by atoms with Crippen LogP contribution < -0.4 is 0 Å². The van der Waals surface area contributed by atoms with E-state index < -0.39 is 0 Å². The normalized spacial score (nSPS) is 15.1. The lowest BCUT2D eigenvalue weighted by molar-refractivity contribution is 0.591. The van der Waals surface area contributed by atoms with Crippen molar-refractivity contribution in [3.63, 3.8) is 0 Å². The molecule has 0 saturated carbocycles. The number of hydrogen-bond donors (Lipinski definition) is 0. The number of nitrogens with zero attached hydrogens (tertiary/aromatic N) is 1. The molecule has 66 valence electrons. The third-order valence-electron chi connectivity index (χ3n) is 2.13. The van der Waals surface area contributed by atoms with Crippen molar-refractivity contribution in [1.82, 2.24) is 0 Å². The Morgan fingerprint density at radius 1 is 1.27 bits per heavy atom. The van der Waals surface area contributed by atoms with E-state index in [-0.39, 0.29) is 0 Å². The lowest BCUT2D eigenvalue weighted by atomic mass is 9.96. The van der Waals surface area contributed by atoms with Gasteiger partial charge in [0.1, 0.15) is 0 Å². The van der Waals surface area contributed by atoms with Gasteiger partial charge in [-0.25, -0.2) is 0 Å². The topological polar surface area (TPSA) is 12.4 Å². The lowest BCUT2D eigenvalue weighted by Gasteiger charge is -2.12. The molecule has 0 amide bonds. The Balaban J connectivity index is 3.90. The van der Waals surface area contributed by atoms with Gasteiger partial charge in [-0.2, -0.15) is 0 Å². The van der Waals surface area contributed by atoms with Crippen LogP contribution in [0.25, 0.3) is 0 Å². The van der Waals surface area contributed by atoms with Gasteiger partial charge in [0.2, 0.25) is 0 Å². The Morgan fingerprint density at radius 2 is 1.91 bits per heavy atom. The summed E-state index contributed by atoms with van der Waals surface area (Å²) in [6, 6.07) is 0. The van der Waals surface area contributed by atoms with E-state index >= 15 is 0 Å². The second-order valence-electron chi connectivity index (χ2n) is 3.01. The summed E-state index contributed by atoms with van der Waals surface area (Å²) < 4.78 is 0. The molecule has 0 rings (SSSR count). The van der Waals surface area contributed by atoms with Gasteiger partial charge in [0.25, 0.3) is 0 Å². The highest BCUT2D eigenvalue weighted by Gasteiger charge is 2.06. The van der Waals surface area contributed by atoms with E-state index in [0.29, 0.717) is 0 Å². The fourth-order valence-electron chi connectivity index (χ4n) is 1.44. The van der Waals surface area contributed by atoms with E-state index in [4.69, 9.17) is 0 Å². The van der Waals surface area contributed by atoms with Crippen molar-refractivity contribution in [2.45, 2.75) is 47.0 Å². The standard InChI is InChI=1S/C10H21N/c1-5-8-10(6-2)9(4)11-7-3/h10H,5-8H2,1-4H3. The van der Waals surface area contributed by atoms with Gasteiger partial charge < -0.3 is 0 Å². The number of aliphatic imine (C=N–C) groups is 1. The summed E-state index contributed by atoms with van der Waals surface area (Å²) in [5.41, 5.74) is 1.34. The van der Waals surface area contributed by atoms with Gasteiger partial charge in [-0.1, -0.05) is 20.3 Å². The van der Waals surface area contributed by atoms with Crippen LogP contribution >= 0.6 is 0 Å². The second-order valence-corrected chi connectivity index (χ2v) is 3.01. The SMILES string of the molecule is CCCC(CC)C(C)=NCC. The van der Waals surface area contributed by atoms with Gasteiger partial charge in [-0.15, -0.1) is 0 Å². The molecule has 1 unspecified atom stereocenters. The zero-order valence-corrected chi connectivity index (χ0v) is 8.35. The maximum Gasteiger partial charge on any atom is 0.0360 e. The molecule has 0 aliphatic heterocycles. The predicted octanol–water partition coefficient (Wildman–Crippen LogP) is 3.29. The molecular weight excluding hydrogens is 134 g/mol. The largest absolute Gasteiger partial charge is 0.294 e. The highest BCUT2D eigenvalue weighted by molar-refractivity contribution is 5.84. The zero-order valence-electron chi connectivity index (χ0n) is 8.35. The van der Waals surface area contributed by atoms with E-state index in [1.165, 1.54) is 25.0 Å². The van der Waals surface area contributed by atoms with E-state index in [9.17, 15) is 0 Å². The van der Waals surface area contributed by atoms with Crippen molar-refractivity contribution in [3.05, 3.63) is 0 Å². The van der Waals surface area contributed by atoms with Crippen molar-refractivity contribution in [2.24, 2.45) is 10.9 Å². The van der Waals surface area contributed by atoms with Crippen LogP contribution in [0, 0.1) is 5.92 Å². The van der Waals surface area contributed by atoms with Gasteiger partial charge in [0.05, 0.1) is 0 Å². The van der Waals surface area contributed by atoms with Gasteiger partial charge in [0.15, 0.2) is 0 Å². The maximum absolute atomic E-state index is 4.43. The minimum atomic E-state index is 0.736. The molecule has 0 aromatic heterocycles. The third kappa shape index (κ3) is 4.18. The third-order valence-corrected chi connectivity index (χ3v) is 2.13. The Bertz CT molecular complexity index is 116. The predicted molar refractivity (Wildman–Crippen MR) is 52.3 cm³/mol. The average Bonchev–Trinajstić information content (AvgIpc) is 2.00. The second kappa shape index (κ2) is 6.38. The quantitative estimate of drug-likeness (QED) is 0.540. The highest BCUT2D eigenvalue weighted by atomic mass is 14.7. The number of rotatable bonds is 5. The molecular formula is C10H21N. The van der Waals surface area contributed by atoms with Gasteiger partial charge in [-0.3, -0.25) is 4.99 Å². The fourth-order valence-corrected chi connectivity index (χ4v) is 1.44. The Hall–Kier alpha value is -0.330. The van der Waals surface area contributed by atoms with Crippen molar-refractivity contribution < 1.29 is 0 Å². The first-order valence-corrected chi connectivity index (χ1v) is 4.77. The van der Waals surface area contributed by atoms with Crippen LogP contribution in [0.15, 0.2) is 4.99 Å². The average molecular weight is 155 g/mol. The Labute approximate surface area is 70.9 Å². The molecule has 0 saturated heterocycles. The molecule has 1 nitrogen and oxygen atoms in total. The highest BCUT2D eigenvalue weighted by Crippen LogP contribution is 2.12. The van der Waals surface area contributed by atoms with E-state index in [1.807, 2.05) is 0 Å². The van der Waals surface area contributed by atoms with Crippen LogP contribution in [-0.4, -0.2) is 12.3 Å². The Morgan fingerprint density at radius 3 is 2.27 bits per heavy atom. The molecule has 11 heavy (non-hydrogen) atoms. The molecule has 0 aromatic carbocycles. The molecule has 1 atom stereocenters. The van der Waals surface area contributed by atoms with Crippen molar-refractivity contribution in [3.8, 4) is 0 Å². The van der Waals surface area contributed by atoms with Gasteiger partial charge >= 0.3 is 0 Å². The molecule has 0 heterocycles. The first-order valence-electron chi connectivity index (χ1n) is 4.77. The summed E-state index contributed by atoms with van der Waals surface area (Å²) in [4.78, 5) is 4.43. The van der Waals surface area contributed by atoms with Gasteiger partial charge in [0, 0.05) is 12.3 Å². The summed E-state index contributed by atoms with van der Waals surface area (Å²) in [6.07, 6.45) is 3.81. The summed E-state index contributed by atoms with van der Waals surface area (Å²) >= 11 is 0. The minimum absolute atomic E-state index is 0.736. The first kappa shape index (κ1) is 10.7. The van der Waals surface area contributed by atoms with Crippen LogP contribution in [0.4, 0.5) is 0 Å². The molecule has 0 spiro atoms. The van der Waals surface area contributed by atoms with Crippen LogP contribution in [0.1, 0.15) is 47.0 Å². The lowest BCUT2D eigenvalue weighted by Crippen LogP contribution is -2.10. The first-order chi connectivity index (χ1) is 5.26. The van der Waals surface area contributed by atoms with Crippen LogP contribution in [0.5, 0.6) is 0 Å². The Kier molecular flexibility index (Phi) is 6.19. The molecule has 0 bridgehead atoms. The molecule has 0 N–H and O–H groups in total. The van der Waals surface area contributed by atoms with Crippen LogP contribution in [0.2, 0.25) is 0 Å². The summed E-state index contributed by atoms with van der Waals surface area (Å²) in [5.74, 6) is 0.736. The summed E-state index contributed by atoms with van der Waals surface area (Å²) in [6.45, 7) is 9.68. The van der Waals surface area contributed by atoms with Gasteiger partial charge in [-0.05, 0) is 32.6 Å². The molecule has 0 radical (unpaired) electrons. The molecule has 1 heteroatoms. The number of hydrogen-bond acceptors (Lipinski definition) is 1. The van der Waals surface area contributed by atoms with E-state index in [0.717, 1.165) is 12.5 Å². The summed E-state index contributed by atoms with van der Waals surface area (Å²) in [5, 5.41) is 0. The van der Waals surface area contributed by atoms with Crippen LogP contribution in [0.3, 0.4) is 0 Å².